The van der Waals surface area contributed by atoms with Crippen molar-refractivity contribution in [2.75, 3.05) is 24.4 Å². The van der Waals surface area contributed by atoms with Gasteiger partial charge in [0.2, 0.25) is 0 Å². The summed E-state index contributed by atoms with van der Waals surface area (Å²) in [6.07, 6.45) is 1.09. The highest BCUT2D eigenvalue weighted by atomic mass is 16.5. The van der Waals surface area contributed by atoms with E-state index in [9.17, 15) is 4.79 Å². The molecule has 0 saturated heterocycles. The first-order chi connectivity index (χ1) is 9.63. The number of rotatable bonds is 6. The van der Waals surface area contributed by atoms with Crippen LogP contribution in [0.5, 0.6) is 0 Å². The van der Waals surface area contributed by atoms with Crippen LogP contribution in [0.4, 0.5) is 16.2 Å². The maximum atomic E-state index is 10.8. The van der Waals surface area contributed by atoms with Crippen LogP contribution in [0.3, 0.4) is 0 Å². The fourth-order valence-corrected chi connectivity index (χ4v) is 2.46. The summed E-state index contributed by atoms with van der Waals surface area (Å²) in [7, 11) is 1.69. The lowest BCUT2D eigenvalue weighted by atomic mass is 9.85. The lowest BCUT2D eigenvalue weighted by Gasteiger charge is -2.43. The van der Waals surface area contributed by atoms with Gasteiger partial charge in [-0.05, 0) is 31.5 Å². The highest BCUT2D eigenvalue weighted by Gasteiger charge is 2.42. The molecule has 110 valence electrons. The van der Waals surface area contributed by atoms with Gasteiger partial charge in [-0.1, -0.05) is 6.07 Å². The Morgan fingerprint density at radius 3 is 2.85 bits per heavy atom. The molecule has 1 aromatic carbocycles. The third-order valence-corrected chi connectivity index (χ3v) is 3.38. The molecule has 0 heterocycles. The smallest absolute Gasteiger partial charge is 0.316 e. The summed E-state index contributed by atoms with van der Waals surface area (Å²) in [5.41, 5.74) is 6.68. The predicted molar refractivity (Wildman–Crippen MR) is 77.9 cm³/mol. The minimum absolute atomic E-state index is 0.0442. The third-order valence-electron chi connectivity index (χ3n) is 3.38. The number of ether oxygens (including phenoxy) is 2. The number of carbonyl (C=O) groups excluding carboxylic acids is 1. The molecule has 1 aliphatic rings. The van der Waals surface area contributed by atoms with Gasteiger partial charge in [0, 0.05) is 25.1 Å². The zero-order valence-electron chi connectivity index (χ0n) is 11.8. The van der Waals surface area contributed by atoms with Crippen molar-refractivity contribution >= 4 is 17.4 Å². The molecule has 0 radical (unpaired) electrons. The van der Waals surface area contributed by atoms with Gasteiger partial charge in [-0.2, -0.15) is 0 Å². The Labute approximate surface area is 118 Å². The van der Waals surface area contributed by atoms with Crippen molar-refractivity contribution < 1.29 is 14.3 Å². The second-order valence-electron chi connectivity index (χ2n) is 4.75. The Morgan fingerprint density at radius 2 is 2.20 bits per heavy atom. The second kappa shape index (κ2) is 6.58. The normalized spacial score (nSPS) is 24.8. The first-order valence-electron chi connectivity index (χ1n) is 6.71. The SMILES string of the molecule is CCOC1CC(Nc2cccc(NC(N)=O)c2)C1OC. The van der Waals surface area contributed by atoms with Gasteiger partial charge >= 0.3 is 6.03 Å². The van der Waals surface area contributed by atoms with Crippen LogP contribution >= 0.6 is 0 Å². The zero-order chi connectivity index (χ0) is 14.5. The van der Waals surface area contributed by atoms with Gasteiger partial charge in [0.1, 0.15) is 6.10 Å². The van der Waals surface area contributed by atoms with E-state index in [0.29, 0.717) is 12.3 Å². The van der Waals surface area contributed by atoms with Crippen molar-refractivity contribution in [3.05, 3.63) is 24.3 Å². The monoisotopic (exact) mass is 279 g/mol. The maximum absolute atomic E-state index is 10.8. The molecule has 2 rings (SSSR count). The van der Waals surface area contributed by atoms with Crippen LogP contribution in [-0.2, 0) is 9.47 Å². The van der Waals surface area contributed by atoms with Crippen molar-refractivity contribution in [3.8, 4) is 0 Å². The van der Waals surface area contributed by atoms with E-state index in [-0.39, 0.29) is 18.2 Å². The molecule has 0 bridgehead atoms. The average molecular weight is 279 g/mol. The van der Waals surface area contributed by atoms with Crippen LogP contribution in [0.2, 0.25) is 0 Å². The van der Waals surface area contributed by atoms with Crippen LogP contribution in [0, 0.1) is 0 Å². The number of primary amides is 1. The summed E-state index contributed by atoms with van der Waals surface area (Å²) >= 11 is 0. The number of carbonyl (C=O) groups is 1. The molecule has 20 heavy (non-hydrogen) atoms. The second-order valence-corrected chi connectivity index (χ2v) is 4.75. The summed E-state index contributed by atoms with van der Waals surface area (Å²) in [6, 6.07) is 7.05. The van der Waals surface area contributed by atoms with Crippen molar-refractivity contribution in [2.24, 2.45) is 5.73 Å². The lowest BCUT2D eigenvalue weighted by molar-refractivity contribution is -0.118. The summed E-state index contributed by atoms with van der Waals surface area (Å²) in [5.74, 6) is 0. The van der Waals surface area contributed by atoms with Crippen LogP contribution < -0.4 is 16.4 Å². The highest BCUT2D eigenvalue weighted by Crippen LogP contribution is 2.30. The van der Waals surface area contributed by atoms with Gasteiger partial charge in [-0.3, -0.25) is 0 Å². The van der Waals surface area contributed by atoms with Gasteiger partial charge in [0.15, 0.2) is 0 Å². The largest absolute Gasteiger partial charge is 0.379 e. The standard InChI is InChI=1S/C14H21N3O3/c1-3-20-12-8-11(13(12)19-2)16-9-5-4-6-10(7-9)17-14(15)18/h4-7,11-13,16H,3,8H2,1-2H3,(H3,15,17,18). The van der Waals surface area contributed by atoms with Gasteiger partial charge in [-0.15, -0.1) is 0 Å². The van der Waals surface area contributed by atoms with Gasteiger partial charge in [-0.25, -0.2) is 4.79 Å². The van der Waals surface area contributed by atoms with Gasteiger partial charge < -0.3 is 25.8 Å². The molecular weight excluding hydrogens is 258 g/mol. The number of nitrogens with one attached hydrogen (secondary N) is 2. The summed E-state index contributed by atoms with van der Waals surface area (Å²) < 4.78 is 11.0. The van der Waals surface area contributed by atoms with Crippen LogP contribution in [-0.4, -0.2) is 38.0 Å². The fraction of sp³-hybridized carbons (Fsp3) is 0.500. The van der Waals surface area contributed by atoms with Gasteiger partial charge in [0.25, 0.3) is 0 Å². The minimum atomic E-state index is -0.572. The Hall–Kier alpha value is -1.79. The molecule has 1 aliphatic carbocycles. The summed E-state index contributed by atoms with van der Waals surface area (Å²) in [4.78, 5) is 10.8. The van der Waals surface area contributed by atoms with Gasteiger partial charge in [0.05, 0.1) is 12.1 Å². The summed E-state index contributed by atoms with van der Waals surface area (Å²) in [6.45, 7) is 2.67. The topological polar surface area (TPSA) is 85.6 Å². The summed E-state index contributed by atoms with van der Waals surface area (Å²) in [5, 5.41) is 5.94. The lowest BCUT2D eigenvalue weighted by Crippen LogP contribution is -2.56. The van der Waals surface area contributed by atoms with E-state index in [0.717, 1.165) is 12.1 Å². The van der Waals surface area contributed by atoms with E-state index in [4.69, 9.17) is 15.2 Å². The quantitative estimate of drug-likeness (QED) is 0.741. The molecule has 3 unspecified atom stereocenters. The number of benzene rings is 1. The van der Waals surface area contributed by atoms with Crippen molar-refractivity contribution in [2.45, 2.75) is 31.6 Å². The van der Waals surface area contributed by atoms with E-state index < -0.39 is 6.03 Å². The molecule has 2 amide bonds. The molecule has 0 aliphatic heterocycles. The molecule has 3 atom stereocenters. The number of amides is 2. The van der Waals surface area contributed by atoms with Crippen LogP contribution in [0.25, 0.3) is 0 Å². The van der Waals surface area contributed by atoms with Crippen LogP contribution in [0.15, 0.2) is 24.3 Å². The molecule has 6 heteroatoms. The molecule has 1 saturated carbocycles. The predicted octanol–water partition coefficient (Wildman–Crippen LogP) is 1.78. The first-order valence-corrected chi connectivity index (χ1v) is 6.71. The van der Waals surface area contributed by atoms with E-state index >= 15 is 0 Å². The molecular formula is C14H21N3O3. The average Bonchev–Trinajstić information content (AvgIpc) is 2.37. The molecule has 0 spiro atoms. The van der Waals surface area contributed by atoms with Crippen molar-refractivity contribution in [1.29, 1.82) is 0 Å². The Balaban J connectivity index is 1.95. The Bertz CT molecular complexity index is 467. The van der Waals surface area contributed by atoms with Crippen molar-refractivity contribution in [3.63, 3.8) is 0 Å². The molecule has 1 aromatic rings. The van der Waals surface area contributed by atoms with E-state index in [1.165, 1.54) is 0 Å². The van der Waals surface area contributed by atoms with E-state index in [1.807, 2.05) is 25.1 Å². The Morgan fingerprint density at radius 1 is 1.45 bits per heavy atom. The molecule has 4 N–H and O–H groups in total. The highest BCUT2D eigenvalue weighted by molar-refractivity contribution is 5.88. The number of anilines is 2. The Kier molecular flexibility index (Phi) is 4.81. The van der Waals surface area contributed by atoms with E-state index in [1.54, 1.807) is 13.2 Å². The van der Waals surface area contributed by atoms with Crippen molar-refractivity contribution in [1.82, 2.24) is 0 Å². The molecule has 0 aromatic heterocycles. The molecule has 6 nitrogen and oxygen atoms in total. The van der Waals surface area contributed by atoms with E-state index in [2.05, 4.69) is 10.6 Å². The zero-order valence-corrected chi connectivity index (χ0v) is 11.8. The first kappa shape index (κ1) is 14.6. The third kappa shape index (κ3) is 3.40. The number of hydrogen-bond acceptors (Lipinski definition) is 4. The van der Waals surface area contributed by atoms with Crippen LogP contribution in [0.1, 0.15) is 13.3 Å². The minimum Gasteiger partial charge on any atom is -0.379 e. The maximum Gasteiger partial charge on any atom is 0.316 e. The number of urea groups is 1. The number of hydrogen-bond donors (Lipinski definition) is 3. The number of methoxy groups -OCH3 is 1. The number of nitrogens with two attached hydrogens (primary N) is 1. The molecule has 1 fully saturated rings. The fourth-order valence-electron chi connectivity index (χ4n) is 2.46.